The van der Waals surface area contributed by atoms with E-state index in [1.54, 1.807) is 0 Å². The smallest absolute Gasteiger partial charge is 0.188 e. The van der Waals surface area contributed by atoms with Crippen LogP contribution in [0.5, 0.6) is 0 Å². The van der Waals surface area contributed by atoms with Crippen LogP contribution in [0, 0.1) is 5.92 Å². The molecule has 2 nitrogen and oxygen atoms in total. The maximum atomic E-state index is 11.6. The van der Waals surface area contributed by atoms with Crippen LogP contribution >= 0.6 is 15.9 Å². The number of ketones is 1. The lowest BCUT2D eigenvalue weighted by Gasteiger charge is -2.02. The fourth-order valence-electron chi connectivity index (χ4n) is 1.32. The minimum atomic E-state index is 0.0585. The van der Waals surface area contributed by atoms with E-state index in [0.29, 0.717) is 11.5 Å². The number of carbonyl (C=O) groups excluding carboxylic acids is 1. The van der Waals surface area contributed by atoms with E-state index < -0.39 is 0 Å². The highest BCUT2D eigenvalue weighted by Gasteiger charge is 2.21. The van der Waals surface area contributed by atoms with Gasteiger partial charge in [-0.3, -0.25) is 4.79 Å². The maximum absolute atomic E-state index is 11.6. The van der Waals surface area contributed by atoms with Gasteiger partial charge in [0.2, 0.25) is 0 Å². The molecule has 0 unspecified atom stereocenters. The highest BCUT2D eigenvalue weighted by Crippen LogP contribution is 2.28. The van der Waals surface area contributed by atoms with Crippen molar-refractivity contribution in [3.63, 3.8) is 0 Å². The summed E-state index contributed by atoms with van der Waals surface area (Å²) in [7, 11) is 0. The second kappa shape index (κ2) is 4.90. The van der Waals surface area contributed by atoms with Gasteiger partial charge in [0.1, 0.15) is 6.61 Å². The van der Waals surface area contributed by atoms with E-state index in [1.807, 2.05) is 24.3 Å². The Morgan fingerprint density at radius 3 is 2.60 bits per heavy atom. The van der Waals surface area contributed by atoms with Crippen LogP contribution in [0.3, 0.4) is 0 Å². The second-order valence-electron chi connectivity index (χ2n) is 3.89. The first kappa shape index (κ1) is 10.8. The van der Waals surface area contributed by atoms with Crippen LogP contribution in [0.4, 0.5) is 0 Å². The molecule has 80 valence electrons. The van der Waals surface area contributed by atoms with Gasteiger partial charge in [0.15, 0.2) is 5.78 Å². The molecule has 0 spiro atoms. The van der Waals surface area contributed by atoms with Gasteiger partial charge in [0, 0.05) is 10.0 Å². The molecular formula is C12H13BrO2. The normalized spacial score (nSPS) is 15.3. The van der Waals surface area contributed by atoms with Gasteiger partial charge >= 0.3 is 0 Å². The largest absolute Gasteiger partial charge is 0.373 e. The van der Waals surface area contributed by atoms with Crippen molar-refractivity contribution in [2.75, 3.05) is 13.2 Å². The van der Waals surface area contributed by atoms with Gasteiger partial charge in [-0.25, -0.2) is 0 Å². The summed E-state index contributed by atoms with van der Waals surface area (Å²) >= 11 is 3.33. The summed E-state index contributed by atoms with van der Waals surface area (Å²) in [4.78, 5) is 11.6. The summed E-state index contributed by atoms with van der Waals surface area (Å²) < 4.78 is 6.33. The maximum Gasteiger partial charge on any atom is 0.188 e. The van der Waals surface area contributed by atoms with Crippen LogP contribution in [0.15, 0.2) is 28.7 Å². The highest BCUT2D eigenvalue weighted by atomic mass is 79.9. The number of Topliss-reactive ketones (excluding diaryl/α,β-unsaturated/α-hetero) is 1. The van der Waals surface area contributed by atoms with E-state index in [4.69, 9.17) is 4.74 Å². The zero-order valence-corrected chi connectivity index (χ0v) is 10.00. The topological polar surface area (TPSA) is 26.3 Å². The lowest BCUT2D eigenvalue weighted by atomic mass is 10.1. The molecule has 0 aliphatic heterocycles. The number of benzene rings is 1. The Balaban J connectivity index is 1.81. The number of halogens is 1. The number of rotatable bonds is 5. The van der Waals surface area contributed by atoms with Crippen molar-refractivity contribution in [2.24, 2.45) is 5.92 Å². The summed E-state index contributed by atoms with van der Waals surface area (Å²) in [5.41, 5.74) is 0.717. The van der Waals surface area contributed by atoms with Gasteiger partial charge < -0.3 is 4.74 Å². The van der Waals surface area contributed by atoms with Gasteiger partial charge in [-0.1, -0.05) is 28.1 Å². The molecule has 0 radical (unpaired) electrons. The van der Waals surface area contributed by atoms with E-state index in [-0.39, 0.29) is 12.4 Å². The third kappa shape index (κ3) is 3.43. The fraction of sp³-hybridized carbons (Fsp3) is 0.417. The van der Waals surface area contributed by atoms with Gasteiger partial charge in [-0.15, -0.1) is 0 Å². The zero-order chi connectivity index (χ0) is 10.7. The van der Waals surface area contributed by atoms with Crippen LogP contribution in [-0.4, -0.2) is 19.0 Å². The standard InChI is InChI=1S/C12H13BrO2/c13-11-5-3-10(4-6-11)12(14)8-15-7-9-1-2-9/h3-6,9H,1-2,7-8H2. The van der Waals surface area contributed by atoms with Crippen molar-refractivity contribution in [3.8, 4) is 0 Å². The van der Waals surface area contributed by atoms with Crippen molar-refractivity contribution in [2.45, 2.75) is 12.8 Å². The van der Waals surface area contributed by atoms with Crippen molar-refractivity contribution < 1.29 is 9.53 Å². The Kier molecular flexibility index (Phi) is 3.54. The Morgan fingerprint density at radius 2 is 2.00 bits per heavy atom. The summed E-state index contributed by atoms with van der Waals surface area (Å²) in [5, 5.41) is 0. The van der Waals surface area contributed by atoms with Gasteiger partial charge in [0.25, 0.3) is 0 Å². The minimum Gasteiger partial charge on any atom is -0.373 e. The lowest BCUT2D eigenvalue weighted by Crippen LogP contribution is -2.10. The molecule has 0 N–H and O–H groups in total. The third-order valence-corrected chi connectivity index (χ3v) is 2.98. The Bertz CT molecular complexity index is 341. The number of ether oxygens (including phenoxy) is 1. The average Bonchev–Trinajstić information content (AvgIpc) is 3.02. The first-order valence-electron chi connectivity index (χ1n) is 5.12. The molecule has 1 fully saturated rings. The van der Waals surface area contributed by atoms with E-state index in [0.717, 1.165) is 11.1 Å². The summed E-state index contributed by atoms with van der Waals surface area (Å²) in [5.74, 6) is 0.769. The first-order chi connectivity index (χ1) is 7.25. The molecule has 0 heterocycles. The van der Waals surface area contributed by atoms with Gasteiger partial charge in [0.05, 0.1) is 6.61 Å². The Labute approximate surface area is 97.8 Å². The van der Waals surface area contributed by atoms with Crippen LogP contribution in [0.2, 0.25) is 0 Å². The highest BCUT2D eigenvalue weighted by molar-refractivity contribution is 9.10. The average molecular weight is 269 g/mol. The van der Waals surface area contributed by atoms with Crippen molar-refractivity contribution in [3.05, 3.63) is 34.3 Å². The molecule has 1 aliphatic rings. The predicted octanol–water partition coefficient (Wildman–Crippen LogP) is 3.06. The third-order valence-electron chi connectivity index (χ3n) is 2.45. The molecule has 0 bridgehead atoms. The number of hydrogen-bond acceptors (Lipinski definition) is 2. The molecule has 1 aliphatic carbocycles. The zero-order valence-electron chi connectivity index (χ0n) is 8.41. The van der Waals surface area contributed by atoms with E-state index in [9.17, 15) is 4.79 Å². The van der Waals surface area contributed by atoms with Crippen LogP contribution in [0.1, 0.15) is 23.2 Å². The molecular weight excluding hydrogens is 256 g/mol. The Morgan fingerprint density at radius 1 is 1.33 bits per heavy atom. The van der Waals surface area contributed by atoms with Gasteiger partial charge in [-0.2, -0.15) is 0 Å². The van der Waals surface area contributed by atoms with E-state index in [1.165, 1.54) is 12.8 Å². The minimum absolute atomic E-state index is 0.0585. The van der Waals surface area contributed by atoms with Crippen molar-refractivity contribution in [1.29, 1.82) is 0 Å². The summed E-state index contributed by atoms with van der Waals surface area (Å²) in [6, 6.07) is 7.36. The molecule has 0 amide bonds. The molecule has 0 atom stereocenters. The molecule has 15 heavy (non-hydrogen) atoms. The van der Waals surface area contributed by atoms with E-state index >= 15 is 0 Å². The van der Waals surface area contributed by atoms with Crippen LogP contribution < -0.4 is 0 Å². The molecule has 3 heteroatoms. The van der Waals surface area contributed by atoms with Crippen LogP contribution in [0.25, 0.3) is 0 Å². The molecule has 2 rings (SSSR count). The lowest BCUT2D eigenvalue weighted by molar-refractivity contribution is 0.0740. The first-order valence-corrected chi connectivity index (χ1v) is 5.91. The molecule has 1 aromatic rings. The van der Waals surface area contributed by atoms with Gasteiger partial charge in [-0.05, 0) is 30.9 Å². The van der Waals surface area contributed by atoms with Crippen LogP contribution in [-0.2, 0) is 4.74 Å². The van der Waals surface area contributed by atoms with Crippen molar-refractivity contribution >= 4 is 21.7 Å². The summed E-state index contributed by atoms with van der Waals surface area (Å²) in [6.07, 6.45) is 2.51. The monoisotopic (exact) mass is 268 g/mol. The molecule has 1 saturated carbocycles. The predicted molar refractivity (Wildman–Crippen MR) is 62.0 cm³/mol. The number of carbonyl (C=O) groups is 1. The molecule has 0 aromatic heterocycles. The molecule has 1 aromatic carbocycles. The molecule has 0 saturated heterocycles. The van der Waals surface area contributed by atoms with E-state index in [2.05, 4.69) is 15.9 Å². The summed E-state index contributed by atoms with van der Waals surface area (Å²) in [6.45, 7) is 0.945. The second-order valence-corrected chi connectivity index (χ2v) is 4.80. The Hall–Kier alpha value is -0.670. The van der Waals surface area contributed by atoms with Crippen molar-refractivity contribution in [1.82, 2.24) is 0 Å². The number of hydrogen-bond donors (Lipinski definition) is 0. The quantitative estimate of drug-likeness (QED) is 0.768. The fourth-order valence-corrected chi connectivity index (χ4v) is 1.59. The SMILES string of the molecule is O=C(COCC1CC1)c1ccc(Br)cc1.